The van der Waals surface area contributed by atoms with E-state index in [4.69, 9.17) is 5.73 Å². The topological polar surface area (TPSA) is 67.1 Å². The lowest BCUT2D eigenvalue weighted by molar-refractivity contribution is 0.194. The molecule has 1 unspecified atom stereocenters. The molecule has 1 fully saturated rings. The SMILES string of the molecule is CN1CCCCC1CNc1nc(N)ncc1Br. The summed E-state index contributed by atoms with van der Waals surface area (Å²) in [6.45, 7) is 2.07. The number of halogens is 1. The highest BCUT2D eigenvalue weighted by atomic mass is 79.9. The third-order valence-corrected chi connectivity index (χ3v) is 3.77. The third-order valence-electron chi connectivity index (χ3n) is 3.19. The van der Waals surface area contributed by atoms with E-state index in [0.29, 0.717) is 12.0 Å². The van der Waals surface area contributed by atoms with Gasteiger partial charge in [-0.1, -0.05) is 6.42 Å². The van der Waals surface area contributed by atoms with Crippen LogP contribution >= 0.6 is 15.9 Å². The molecule has 0 radical (unpaired) electrons. The number of aromatic nitrogens is 2. The molecule has 2 rings (SSSR count). The molecule has 1 atom stereocenters. The van der Waals surface area contributed by atoms with Gasteiger partial charge in [0.2, 0.25) is 5.95 Å². The highest BCUT2D eigenvalue weighted by Crippen LogP contribution is 2.21. The second-order valence-electron chi connectivity index (χ2n) is 4.44. The van der Waals surface area contributed by atoms with Crippen molar-refractivity contribution in [2.45, 2.75) is 25.3 Å². The summed E-state index contributed by atoms with van der Waals surface area (Å²) in [5, 5.41) is 3.33. The van der Waals surface area contributed by atoms with Gasteiger partial charge in [-0.05, 0) is 42.4 Å². The van der Waals surface area contributed by atoms with Crippen LogP contribution in [0, 0.1) is 0 Å². The van der Waals surface area contributed by atoms with Crippen molar-refractivity contribution in [2.75, 3.05) is 31.2 Å². The Morgan fingerprint density at radius 2 is 2.41 bits per heavy atom. The van der Waals surface area contributed by atoms with Crippen LogP contribution in [0.5, 0.6) is 0 Å². The first kappa shape index (κ1) is 12.6. The minimum atomic E-state index is 0.299. The van der Waals surface area contributed by atoms with Gasteiger partial charge in [0, 0.05) is 18.8 Å². The monoisotopic (exact) mass is 299 g/mol. The maximum absolute atomic E-state index is 5.57. The van der Waals surface area contributed by atoms with Gasteiger partial charge in [-0.25, -0.2) is 4.98 Å². The fourth-order valence-corrected chi connectivity index (χ4v) is 2.45. The van der Waals surface area contributed by atoms with Crippen LogP contribution < -0.4 is 11.1 Å². The Morgan fingerprint density at radius 1 is 1.59 bits per heavy atom. The summed E-state index contributed by atoms with van der Waals surface area (Å²) < 4.78 is 0.852. The van der Waals surface area contributed by atoms with E-state index in [9.17, 15) is 0 Å². The van der Waals surface area contributed by atoms with Crippen molar-refractivity contribution in [3.8, 4) is 0 Å². The summed E-state index contributed by atoms with van der Waals surface area (Å²) in [6, 6.07) is 0.576. The highest BCUT2D eigenvalue weighted by molar-refractivity contribution is 9.10. The van der Waals surface area contributed by atoms with E-state index in [1.54, 1.807) is 6.20 Å². The lowest BCUT2D eigenvalue weighted by atomic mass is 10.0. The zero-order chi connectivity index (χ0) is 12.3. The number of nitrogens with one attached hydrogen (secondary N) is 1. The number of nitrogen functional groups attached to an aromatic ring is 1. The number of hydrogen-bond acceptors (Lipinski definition) is 5. The van der Waals surface area contributed by atoms with E-state index in [-0.39, 0.29) is 0 Å². The molecule has 0 amide bonds. The van der Waals surface area contributed by atoms with Crippen LogP contribution in [0.2, 0.25) is 0 Å². The van der Waals surface area contributed by atoms with Crippen molar-refractivity contribution in [1.82, 2.24) is 14.9 Å². The number of nitrogens with two attached hydrogens (primary N) is 1. The lowest BCUT2D eigenvalue weighted by Crippen LogP contribution is -2.40. The fourth-order valence-electron chi connectivity index (χ4n) is 2.12. The predicted octanol–water partition coefficient (Wildman–Crippen LogP) is 1.72. The first-order valence-electron chi connectivity index (χ1n) is 5.89. The molecule has 1 aromatic rings. The molecule has 2 heterocycles. The van der Waals surface area contributed by atoms with Gasteiger partial charge in [0.15, 0.2) is 0 Å². The summed E-state index contributed by atoms with van der Waals surface area (Å²) in [7, 11) is 2.18. The largest absolute Gasteiger partial charge is 0.368 e. The van der Waals surface area contributed by atoms with Crippen LogP contribution in [0.1, 0.15) is 19.3 Å². The molecule has 0 spiro atoms. The summed E-state index contributed by atoms with van der Waals surface area (Å²) in [4.78, 5) is 10.5. The Balaban J connectivity index is 1.94. The van der Waals surface area contributed by atoms with Gasteiger partial charge in [-0.15, -0.1) is 0 Å². The molecule has 1 aromatic heterocycles. The van der Waals surface area contributed by atoms with Crippen molar-refractivity contribution in [3.63, 3.8) is 0 Å². The van der Waals surface area contributed by atoms with Crippen molar-refractivity contribution in [3.05, 3.63) is 10.7 Å². The van der Waals surface area contributed by atoms with Crippen LogP contribution in [0.25, 0.3) is 0 Å². The zero-order valence-corrected chi connectivity index (χ0v) is 11.6. The van der Waals surface area contributed by atoms with Crippen LogP contribution in [0.15, 0.2) is 10.7 Å². The van der Waals surface area contributed by atoms with Crippen LogP contribution in [-0.2, 0) is 0 Å². The van der Waals surface area contributed by atoms with Gasteiger partial charge >= 0.3 is 0 Å². The smallest absolute Gasteiger partial charge is 0.221 e. The van der Waals surface area contributed by atoms with Crippen molar-refractivity contribution in [1.29, 1.82) is 0 Å². The molecule has 0 saturated carbocycles. The Bertz CT molecular complexity index is 384. The summed E-state index contributed by atoms with van der Waals surface area (Å²) in [6.07, 6.45) is 5.53. The number of anilines is 2. The first-order valence-corrected chi connectivity index (χ1v) is 6.68. The number of hydrogen-bond donors (Lipinski definition) is 2. The summed E-state index contributed by atoms with van der Waals surface area (Å²) >= 11 is 3.41. The maximum atomic E-state index is 5.57. The number of likely N-dealkylation sites (N-methyl/N-ethyl adjacent to an activating group) is 1. The van der Waals surface area contributed by atoms with Crippen LogP contribution in [-0.4, -0.2) is 41.0 Å². The fraction of sp³-hybridized carbons (Fsp3) is 0.636. The molecule has 6 heteroatoms. The average molecular weight is 300 g/mol. The van der Waals surface area contributed by atoms with Crippen molar-refractivity contribution < 1.29 is 0 Å². The molecule has 0 bridgehead atoms. The Hall–Kier alpha value is -0.880. The van der Waals surface area contributed by atoms with Gasteiger partial charge in [0.05, 0.1) is 4.47 Å². The Kier molecular flexibility index (Phi) is 4.17. The first-order chi connectivity index (χ1) is 8.16. The van der Waals surface area contributed by atoms with E-state index >= 15 is 0 Å². The van der Waals surface area contributed by atoms with E-state index in [1.165, 1.54) is 25.8 Å². The standard InChI is InChI=1S/C11H18BrN5/c1-17-5-3-2-4-8(17)6-14-10-9(12)7-15-11(13)16-10/h7-8H,2-6H2,1H3,(H3,13,14,15,16). The molecule has 5 nitrogen and oxygen atoms in total. The lowest BCUT2D eigenvalue weighted by Gasteiger charge is -2.32. The molecular formula is C11H18BrN5. The number of likely N-dealkylation sites (tertiary alicyclic amines) is 1. The Morgan fingerprint density at radius 3 is 3.18 bits per heavy atom. The minimum Gasteiger partial charge on any atom is -0.368 e. The van der Waals surface area contributed by atoms with Crippen LogP contribution in [0.4, 0.5) is 11.8 Å². The Labute approximate surface area is 110 Å². The van der Waals surface area contributed by atoms with Gasteiger partial charge in [0.25, 0.3) is 0 Å². The van der Waals surface area contributed by atoms with E-state index in [2.05, 4.69) is 43.2 Å². The summed E-state index contributed by atoms with van der Waals surface area (Å²) in [5.74, 6) is 1.07. The molecule has 0 aliphatic carbocycles. The summed E-state index contributed by atoms with van der Waals surface area (Å²) in [5.41, 5.74) is 5.57. The van der Waals surface area contributed by atoms with Gasteiger partial charge in [-0.2, -0.15) is 4.98 Å². The predicted molar refractivity (Wildman–Crippen MR) is 72.9 cm³/mol. The highest BCUT2D eigenvalue weighted by Gasteiger charge is 2.18. The van der Waals surface area contributed by atoms with E-state index in [1.807, 2.05) is 0 Å². The zero-order valence-electron chi connectivity index (χ0n) is 9.99. The third kappa shape index (κ3) is 3.29. The normalized spacial score (nSPS) is 21.4. The number of piperidine rings is 1. The molecule has 0 aromatic carbocycles. The molecule has 1 saturated heterocycles. The van der Waals surface area contributed by atoms with Crippen LogP contribution in [0.3, 0.4) is 0 Å². The van der Waals surface area contributed by atoms with Crippen molar-refractivity contribution >= 4 is 27.7 Å². The van der Waals surface area contributed by atoms with E-state index in [0.717, 1.165) is 16.8 Å². The second kappa shape index (κ2) is 5.64. The maximum Gasteiger partial charge on any atom is 0.221 e. The quantitative estimate of drug-likeness (QED) is 0.889. The molecule has 3 N–H and O–H groups in total. The second-order valence-corrected chi connectivity index (χ2v) is 5.29. The van der Waals surface area contributed by atoms with Gasteiger partial charge in [-0.3, -0.25) is 0 Å². The van der Waals surface area contributed by atoms with Crippen molar-refractivity contribution in [2.24, 2.45) is 0 Å². The minimum absolute atomic E-state index is 0.299. The molecule has 1 aliphatic rings. The molecule has 1 aliphatic heterocycles. The van der Waals surface area contributed by atoms with Gasteiger partial charge < -0.3 is 16.0 Å². The molecule has 17 heavy (non-hydrogen) atoms. The van der Waals surface area contributed by atoms with Gasteiger partial charge in [0.1, 0.15) is 5.82 Å². The molecule has 94 valence electrons. The molecular weight excluding hydrogens is 282 g/mol. The average Bonchev–Trinajstić information content (AvgIpc) is 2.32. The number of rotatable bonds is 3. The van der Waals surface area contributed by atoms with E-state index < -0.39 is 0 Å². The number of nitrogens with zero attached hydrogens (tertiary/aromatic N) is 3.